The van der Waals surface area contributed by atoms with Crippen molar-refractivity contribution in [3.63, 3.8) is 0 Å². The van der Waals surface area contributed by atoms with Crippen molar-refractivity contribution in [2.75, 3.05) is 0 Å². The lowest BCUT2D eigenvalue weighted by Crippen LogP contribution is -2.41. The monoisotopic (exact) mass is 390 g/mol. The molecule has 1 N–H and O–H groups in total. The third-order valence-electron chi connectivity index (χ3n) is 4.92. The molecule has 1 fully saturated rings. The smallest absolute Gasteiger partial charge is 0.321 e. The summed E-state index contributed by atoms with van der Waals surface area (Å²) in [5.41, 5.74) is -0.00764. The van der Waals surface area contributed by atoms with Gasteiger partial charge < -0.3 is 14.6 Å². The fourth-order valence-corrected chi connectivity index (χ4v) is 3.61. The van der Waals surface area contributed by atoms with Gasteiger partial charge in [0, 0.05) is 0 Å². The summed E-state index contributed by atoms with van der Waals surface area (Å²) < 4.78 is 10.7. The molecule has 1 saturated carbocycles. The van der Waals surface area contributed by atoms with E-state index in [2.05, 4.69) is 0 Å². The molecular formula is C22H30O6. The van der Waals surface area contributed by atoms with E-state index in [1.165, 1.54) is 0 Å². The normalized spacial score (nSPS) is 17.0. The van der Waals surface area contributed by atoms with Crippen LogP contribution in [0.15, 0.2) is 30.3 Å². The Morgan fingerprint density at radius 3 is 2.21 bits per heavy atom. The Bertz CT molecular complexity index is 670. The number of carboxylic acid groups (broad SMARTS) is 1. The fraction of sp³-hybridized carbons (Fsp3) is 0.591. The molecule has 154 valence electrons. The minimum Gasteiger partial charge on any atom is -0.481 e. The van der Waals surface area contributed by atoms with Crippen molar-refractivity contribution in [2.24, 2.45) is 17.8 Å². The molecule has 1 aliphatic carbocycles. The Balaban J connectivity index is 2.16. The van der Waals surface area contributed by atoms with E-state index in [1.807, 2.05) is 6.07 Å². The SMILES string of the molecule is CC(C)(C)OC(=O)[C@H](CC1CCCC1)C(C(=O)O)C(=O)OCc1ccccc1. The van der Waals surface area contributed by atoms with E-state index < -0.39 is 35.3 Å². The molecule has 2 atom stereocenters. The summed E-state index contributed by atoms with van der Waals surface area (Å²) in [6, 6.07) is 9.02. The first kappa shape index (κ1) is 21.9. The van der Waals surface area contributed by atoms with Gasteiger partial charge in [0.25, 0.3) is 0 Å². The maximum Gasteiger partial charge on any atom is 0.321 e. The molecule has 0 saturated heterocycles. The van der Waals surface area contributed by atoms with Crippen molar-refractivity contribution in [1.82, 2.24) is 0 Å². The quantitative estimate of drug-likeness (QED) is 0.534. The molecule has 2 rings (SSSR count). The average Bonchev–Trinajstić information content (AvgIpc) is 3.11. The zero-order valence-electron chi connectivity index (χ0n) is 16.8. The Labute approximate surface area is 166 Å². The molecule has 1 aromatic rings. The highest BCUT2D eigenvalue weighted by Gasteiger charge is 2.44. The van der Waals surface area contributed by atoms with Gasteiger partial charge in [-0.05, 0) is 38.7 Å². The van der Waals surface area contributed by atoms with Crippen LogP contribution < -0.4 is 0 Å². The van der Waals surface area contributed by atoms with Crippen molar-refractivity contribution >= 4 is 17.9 Å². The first-order valence-corrected chi connectivity index (χ1v) is 9.83. The van der Waals surface area contributed by atoms with Gasteiger partial charge in [0.15, 0.2) is 5.92 Å². The molecule has 0 aromatic heterocycles. The summed E-state index contributed by atoms with van der Waals surface area (Å²) in [6.07, 6.45) is 4.31. The molecule has 1 unspecified atom stereocenters. The van der Waals surface area contributed by atoms with Crippen LogP contribution in [0.2, 0.25) is 0 Å². The number of ether oxygens (including phenoxy) is 2. The lowest BCUT2D eigenvalue weighted by Gasteiger charge is -2.28. The lowest BCUT2D eigenvalue weighted by atomic mass is 9.83. The lowest BCUT2D eigenvalue weighted by molar-refractivity contribution is -0.175. The van der Waals surface area contributed by atoms with Crippen LogP contribution in [-0.4, -0.2) is 28.6 Å². The third kappa shape index (κ3) is 6.66. The predicted molar refractivity (Wildman–Crippen MR) is 103 cm³/mol. The van der Waals surface area contributed by atoms with Gasteiger partial charge in [-0.1, -0.05) is 56.0 Å². The van der Waals surface area contributed by atoms with Crippen LogP contribution in [0.3, 0.4) is 0 Å². The van der Waals surface area contributed by atoms with Gasteiger partial charge in [-0.3, -0.25) is 14.4 Å². The summed E-state index contributed by atoms with van der Waals surface area (Å²) in [5.74, 6) is -5.30. The van der Waals surface area contributed by atoms with Gasteiger partial charge in [-0.25, -0.2) is 0 Å². The van der Waals surface area contributed by atoms with E-state index in [0.717, 1.165) is 31.2 Å². The first-order valence-electron chi connectivity index (χ1n) is 9.83. The summed E-state index contributed by atoms with van der Waals surface area (Å²) in [6.45, 7) is 5.14. The molecule has 0 radical (unpaired) electrons. The van der Waals surface area contributed by atoms with Gasteiger partial charge in [-0.2, -0.15) is 0 Å². The number of hydrogen-bond acceptors (Lipinski definition) is 5. The zero-order chi connectivity index (χ0) is 20.7. The minimum absolute atomic E-state index is 0.0338. The van der Waals surface area contributed by atoms with Gasteiger partial charge in [-0.15, -0.1) is 0 Å². The highest BCUT2D eigenvalue weighted by Crippen LogP contribution is 2.34. The van der Waals surface area contributed by atoms with Crippen molar-refractivity contribution in [3.05, 3.63) is 35.9 Å². The number of carbonyl (C=O) groups is 3. The molecule has 0 bridgehead atoms. The van der Waals surface area contributed by atoms with Crippen LogP contribution in [0.4, 0.5) is 0 Å². The highest BCUT2D eigenvalue weighted by atomic mass is 16.6. The first-order chi connectivity index (χ1) is 13.2. The van der Waals surface area contributed by atoms with Crippen LogP contribution >= 0.6 is 0 Å². The third-order valence-corrected chi connectivity index (χ3v) is 4.92. The predicted octanol–water partition coefficient (Wildman–Crippen LogP) is 3.97. The van der Waals surface area contributed by atoms with Crippen LogP contribution in [0, 0.1) is 17.8 Å². The summed E-state index contributed by atoms with van der Waals surface area (Å²) in [5, 5.41) is 9.72. The second-order valence-corrected chi connectivity index (χ2v) is 8.44. The van der Waals surface area contributed by atoms with E-state index in [0.29, 0.717) is 6.42 Å². The molecule has 0 spiro atoms. The molecule has 0 amide bonds. The Kier molecular flexibility index (Phi) is 7.61. The number of aliphatic carboxylic acids is 1. The van der Waals surface area contributed by atoms with Crippen LogP contribution in [-0.2, 0) is 30.5 Å². The number of carbonyl (C=O) groups excluding carboxylic acids is 2. The van der Waals surface area contributed by atoms with E-state index in [1.54, 1.807) is 45.0 Å². The fourth-order valence-electron chi connectivity index (χ4n) is 3.61. The Morgan fingerprint density at radius 1 is 1.07 bits per heavy atom. The van der Waals surface area contributed by atoms with Gasteiger partial charge >= 0.3 is 17.9 Å². The van der Waals surface area contributed by atoms with Gasteiger partial charge in [0.05, 0.1) is 5.92 Å². The zero-order valence-corrected chi connectivity index (χ0v) is 16.8. The molecule has 0 aliphatic heterocycles. The largest absolute Gasteiger partial charge is 0.481 e. The molecule has 1 aromatic carbocycles. The molecule has 6 heteroatoms. The molecule has 1 aliphatic rings. The standard InChI is InChI=1S/C22H30O6/c1-22(2,3)28-20(25)17(13-15-9-7-8-10-15)18(19(23)24)21(26)27-14-16-11-5-4-6-12-16/h4-6,11-12,15,17-18H,7-10,13-14H2,1-3H3,(H,23,24)/t17-,18?/m1/s1. The number of benzene rings is 1. The maximum atomic E-state index is 12.8. The maximum absolute atomic E-state index is 12.8. The minimum atomic E-state index is -1.57. The van der Waals surface area contributed by atoms with Crippen molar-refractivity contribution < 1.29 is 29.0 Å². The molecule has 0 heterocycles. The summed E-state index contributed by atoms with van der Waals surface area (Å²) in [7, 11) is 0. The Morgan fingerprint density at radius 2 is 1.68 bits per heavy atom. The Hall–Kier alpha value is -2.37. The van der Waals surface area contributed by atoms with Crippen LogP contribution in [0.1, 0.15) is 58.4 Å². The van der Waals surface area contributed by atoms with E-state index >= 15 is 0 Å². The van der Waals surface area contributed by atoms with Crippen molar-refractivity contribution in [2.45, 2.75) is 65.1 Å². The van der Waals surface area contributed by atoms with E-state index in [-0.39, 0.29) is 12.5 Å². The topological polar surface area (TPSA) is 89.9 Å². The molecular weight excluding hydrogens is 360 g/mol. The van der Waals surface area contributed by atoms with E-state index in [9.17, 15) is 19.5 Å². The number of carboxylic acids is 1. The second kappa shape index (κ2) is 9.71. The number of esters is 2. The van der Waals surface area contributed by atoms with Crippen molar-refractivity contribution in [1.29, 1.82) is 0 Å². The van der Waals surface area contributed by atoms with Gasteiger partial charge in [0.1, 0.15) is 12.2 Å². The average molecular weight is 390 g/mol. The molecule has 28 heavy (non-hydrogen) atoms. The summed E-state index contributed by atoms with van der Waals surface area (Å²) >= 11 is 0. The van der Waals surface area contributed by atoms with Gasteiger partial charge in [0.2, 0.25) is 0 Å². The van der Waals surface area contributed by atoms with Crippen LogP contribution in [0.25, 0.3) is 0 Å². The second-order valence-electron chi connectivity index (χ2n) is 8.44. The number of rotatable bonds is 8. The number of hydrogen-bond donors (Lipinski definition) is 1. The van der Waals surface area contributed by atoms with E-state index in [4.69, 9.17) is 9.47 Å². The highest BCUT2D eigenvalue weighted by molar-refractivity contribution is 5.98. The van der Waals surface area contributed by atoms with Crippen LogP contribution in [0.5, 0.6) is 0 Å². The van der Waals surface area contributed by atoms with Crippen molar-refractivity contribution in [3.8, 4) is 0 Å². The molecule has 6 nitrogen and oxygen atoms in total. The summed E-state index contributed by atoms with van der Waals surface area (Å²) in [4.78, 5) is 37.3.